The van der Waals surface area contributed by atoms with Crippen LogP contribution < -0.4 is 5.32 Å². The van der Waals surface area contributed by atoms with Gasteiger partial charge in [0.2, 0.25) is 0 Å². The van der Waals surface area contributed by atoms with E-state index in [4.69, 9.17) is 0 Å². The molecule has 1 aliphatic carbocycles. The lowest BCUT2D eigenvalue weighted by atomic mass is 9.81. The summed E-state index contributed by atoms with van der Waals surface area (Å²) in [5.41, 5.74) is 3.73. The molecule has 1 saturated carbocycles. The van der Waals surface area contributed by atoms with E-state index in [1.165, 1.54) is 31.4 Å². The highest BCUT2D eigenvalue weighted by molar-refractivity contribution is 7.07. The monoisotopic (exact) mass is 210 g/mol. The van der Waals surface area contributed by atoms with Crippen LogP contribution in [-0.4, -0.2) is 18.6 Å². The van der Waals surface area contributed by atoms with E-state index in [2.05, 4.69) is 22.7 Å². The zero-order valence-electron chi connectivity index (χ0n) is 8.75. The molecule has 2 rings (SSSR count). The van der Waals surface area contributed by atoms with E-state index in [1.807, 2.05) is 5.51 Å². The molecule has 0 amide bonds. The molecule has 0 radical (unpaired) electrons. The van der Waals surface area contributed by atoms with E-state index in [0.29, 0.717) is 5.41 Å². The maximum Gasteiger partial charge on any atom is 0.0794 e. The summed E-state index contributed by atoms with van der Waals surface area (Å²) >= 11 is 1.71. The van der Waals surface area contributed by atoms with Gasteiger partial charge < -0.3 is 5.32 Å². The highest BCUT2D eigenvalue weighted by atomic mass is 32.1. The average molecular weight is 210 g/mol. The minimum absolute atomic E-state index is 0.503. The Labute approximate surface area is 89.8 Å². The predicted molar refractivity (Wildman–Crippen MR) is 60.6 cm³/mol. The largest absolute Gasteiger partial charge is 0.319 e. The maximum atomic E-state index is 4.40. The van der Waals surface area contributed by atoms with Crippen LogP contribution in [0.5, 0.6) is 0 Å². The van der Waals surface area contributed by atoms with E-state index in [-0.39, 0.29) is 0 Å². The number of aromatic nitrogens is 1. The first-order chi connectivity index (χ1) is 6.85. The number of nitrogens with one attached hydrogen (secondary N) is 1. The summed E-state index contributed by atoms with van der Waals surface area (Å²) in [6.07, 6.45) is 6.69. The maximum absolute atomic E-state index is 4.40. The van der Waals surface area contributed by atoms with E-state index >= 15 is 0 Å². The normalized spacial score (nSPS) is 20.1. The van der Waals surface area contributed by atoms with Crippen molar-refractivity contribution in [1.82, 2.24) is 10.3 Å². The SMILES string of the molecule is CNCC1(Cc2cscn2)CCCC1. The Kier molecular flexibility index (Phi) is 3.19. The Bertz CT molecular complexity index is 263. The van der Waals surface area contributed by atoms with Crippen LogP contribution in [-0.2, 0) is 6.42 Å². The fourth-order valence-electron chi connectivity index (χ4n) is 2.63. The molecule has 2 nitrogen and oxygen atoms in total. The molecule has 0 bridgehead atoms. The molecular weight excluding hydrogens is 192 g/mol. The van der Waals surface area contributed by atoms with Crippen LogP contribution in [0.15, 0.2) is 10.9 Å². The number of rotatable bonds is 4. The quantitative estimate of drug-likeness (QED) is 0.826. The van der Waals surface area contributed by atoms with E-state index in [1.54, 1.807) is 11.3 Å². The van der Waals surface area contributed by atoms with Crippen LogP contribution in [0.1, 0.15) is 31.4 Å². The van der Waals surface area contributed by atoms with Crippen LogP contribution in [0.25, 0.3) is 0 Å². The summed E-state index contributed by atoms with van der Waals surface area (Å²) in [7, 11) is 2.06. The summed E-state index contributed by atoms with van der Waals surface area (Å²) in [6, 6.07) is 0. The van der Waals surface area contributed by atoms with Crippen molar-refractivity contribution in [2.75, 3.05) is 13.6 Å². The van der Waals surface area contributed by atoms with Crippen molar-refractivity contribution in [3.8, 4) is 0 Å². The number of hydrogen-bond acceptors (Lipinski definition) is 3. The second kappa shape index (κ2) is 4.41. The van der Waals surface area contributed by atoms with Crippen LogP contribution in [0.2, 0.25) is 0 Å². The van der Waals surface area contributed by atoms with Crippen molar-refractivity contribution in [2.45, 2.75) is 32.1 Å². The van der Waals surface area contributed by atoms with Gasteiger partial charge in [0.1, 0.15) is 0 Å². The predicted octanol–water partition coefficient (Wildman–Crippen LogP) is 2.47. The lowest BCUT2D eigenvalue weighted by molar-refractivity contribution is 0.283. The van der Waals surface area contributed by atoms with E-state index in [9.17, 15) is 0 Å². The third kappa shape index (κ3) is 2.15. The lowest BCUT2D eigenvalue weighted by Gasteiger charge is -2.27. The van der Waals surface area contributed by atoms with E-state index < -0.39 is 0 Å². The second-order valence-electron chi connectivity index (χ2n) is 4.39. The van der Waals surface area contributed by atoms with Gasteiger partial charge in [-0.1, -0.05) is 12.8 Å². The first-order valence-electron chi connectivity index (χ1n) is 5.36. The van der Waals surface area contributed by atoms with Gasteiger partial charge in [-0.3, -0.25) is 0 Å². The smallest absolute Gasteiger partial charge is 0.0794 e. The molecule has 0 saturated heterocycles. The molecule has 1 aliphatic rings. The lowest BCUT2D eigenvalue weighted by Crippen LogP contribution is -2.32. The van der Waals surface area contributed by atoms with Crippen molar-refractivity contribution in [3.63, 3.8) is 0 Å². The van der Waals surface area contributed by atoms with Gasteiger partial charge in [-0.05, 0) is 31.7 Å². The van der Waals surface area contributed by atoms with Gasteiger partial charge in [0.25, 0.3) is 0 Å². The highest BCUT2D eigenvalue weighted by Crippen LogP contribution is 2.40. The standard InChI is InChI=1S/C11H18N2S/c1-12-8-11(4-2-3-5-11)6-10-7-14-9-13-10/h7,9,12H,2-6,8H2,1H3. The Hall–Kier alpha value is -0.410. The van der Waals surface area contributed by atoms with Crippen LogP contribution in [0, 0.1) is 5.41 Å². The van der Waals surface area contributed by atoms with Crippen LogP contribution >= 0.6 is 11.3 Å². The van der Waals surface area contributed by atoms with Crippen molar-refractivity contribution >= 4 is 11.3 Å². The molecule has 0 aliphatic heterocycles. The summed E-state index contributed by atoms with van der Waals surface area (Å²) in [4.78, 5) is 4.40. The first kappa shape index (κ1) is 10.1. The van der Waals surface area contributed by atoms with E-state index in [0.717, 1.165) is 13.0 Å². The summed E-state index contributed by atoms with van der Waals surface area (Å²) in [6.45, 7) is 1.14. The number of thiazole rings is 1. The highest BCUT2D eigenvalue weighted by Gasteiger charge is 2.33. The minimum Gasteiger partial charge on any atom is -0.319 e. The van der Waals surface area contributed by atoms with Gasteiger partial charge >= 0.3 is 0 Å². The molecule has 14 heavy (non-hydrogen) atoms. The zero-order chi connectivity index (χ0) is 9.86. The third-order valence-electron chi connectivity index (χ3n) is 3.26. The van der Waals surface area contributed by atoms with Gasteiger partial charge in [-0.25, -0.2) is 4.98 Å². The summed E-state index contributed by atoms with van der Waals surface area (Å²) in [5, 5.41) is 5.53. The Morgan fingerprint density at radius 2 is 2.29 bits per heavy atom. The van der Waals surface area contributed by atoms with Crippen LogP contribution in [0.4, 0.5) is 0 Å². The molecular formula is C11H18N2S. The molecule has 1 heterocycles. The summed E-state index contributed by atoms with van der Waals surface area (Å²) < 4.78 is 0. The fraction of sp³-hybridized carbons (Fsp3) is 0.727. The number of hydrogen-bond donors (Lipinski definition) is 1. The molecule has 78 valence electrons. The van der Waals surface area contributed by atoms with Crippen molar-refractivity contribution < 1.29 is 0 Å². The molecule has 0 aromatic carbocycles. The van der Waals surface area contributed by atoms with Gasteiger partial charge in [-0.15, -0.1) is 11.3 Å². The van der Waals surface area contributed by atoms with Crippen LogP contribution in [0.3, 0.4) is 0 Å². The average Bonchev–Trinajstić information content (AvgIpc) is 2.78. The molecule has 0 unspecified atom stereocenters. The number of nitrogens with zero attached hydrogens (tertiary/aromatic N) is 1. The molecule has 1 N–H and O–H groups in total. The molecule has 0 atom stereocenters. The Balaban J connectivity index is 2.04. The van der Waals surface area contributed by atoms with Gasteiger partial charge in [0.05, 0.1) is 11.2 Å². The second-order valence-corrected chi connectivity index (χ2v) is 5.11. The molecule has 1 aromatic heterocycles. The zero-order valence-corrected chi connectivity index (χ0v) is 9.57. The van der Waals surface area contributed by atoms with Crippen molar-refractivity contribution in [3.05, 3.63) is 16.6 Å². The van der Waals surface area contributed by atoms with Crippen molar-refractivity contribution in [1.29, 1.82) is 0 Å². The first-order valence-corrected chi connectivity index (χ1v) is 6.31. The topological polar surface area (TPSA) is 24.9 Å². The fourth-order valence-corrected chi connectivity index (χ4v) is 3.18. The Morgan fingerprint density at radius 1 is 1.50 bits per heavy atom. The molecule has 3 heteroatoms. The minimum atomic E-state index is 0.503. The van der Waals surface area contributed by atoms with Crippen molar-refractivity contribution in [2.24, 2.45) is 5.41 Å². The third-order valence-corrected chi connectivity index (χ3v) is 3.89. The molecule has 0 spiro atoms. The van der Waals surface area contributed by atoms with Gasteiger partial charge in [0.15, 0.2) is 0 Å². The molecule has 1 fully saturated rings. The Morgan fingerprint density at radius 3 is 2.86 bits per heavy atom. The van der Waals surface area contributed by atoms with Gasteiger partial charge in [0, 0.05) is 11.9 Å². The molecule has 1 aromatic rings. The van der Waals surface area contributed by atoms with Gasteiger partial charge in [-0.2, -0.15) is 0 Å². The summed E-state index contributed by atoms with van der Waals surface area (Å²) in [5.74, 6) is 0.